The predicted octanol–water partition coefficient (Wildman–Crippen LogP) is 3.87. The molecule has 0 spiro atoms. The van der Waals surface area contributed by atoms with Crippen molar-refractivity contribution in [2.24, 2.45) is 13.0 Å². The first kappa shape index (κ1) is 21.1. The van der Waals surface area contributed by atoms with Crippen LogP contribution in [0.4, 0.5) is 5.69 Å². The number of carbonyl (C=O) groups is 2. The maximum absolute atomic E-state index is 13.3. The highest BCUT2D eigenvalue weighted by Crippen LogP contribution is 2.28. The number of nitrogens with zero attached hydrogens (tertiary/aromatic N) is 3. The van der Waals surface area contributed by atoms with Gasteiger partial charge in [0, 0.05) is 43.4 Å². The Morgan fingerprint density at radius 2 is 2.03 bits per heavy atom. The molecule has 1 aliphatic heterocycles. The SMILES string of the molecule is CC(C)CCNC(=O)c1cnc2c(c1)N(C(=O)Cc1cn(C)c3ccccc13)CCC2. The third-order valence-corrected chi connectivity index (χ3v) is 5.93. The van der Waals surface area contributed by atoms with E-state index in [0.29, 0.717) is 31.0 Å². The number of fused-ring (bicyclic) bond motifs is 2. The van der Waals surface area contributed by atoms with E-state index in [1.165, 1.54) is 0 Å². The Hall–Kier alpha value is -3.15. The van der Waals surface area contributed by atoms with Crippen molar-refractivity contribution < 1.29 is 9.59 Å². The van der Waals surface area contributed by atoms with Crippen LogP contribution in [0.5, 0.6) is 0 Å². The van der Waals surface area contributed by atoms with Gasteiger partial charge in [-0.15, -0.1) is 0 Å². The lowest BCUT2D eigenvalue weighted by Gasteiger charge is -2.29. The van der Waals surface area contributed by atoms with Crippen molar-refractivity contribution in [1.82, 2.24) is 14.9 Å². The smallest absolute Gasteiger partial charge is 0.252 e. The van der Waals surface area contributed by atoms with E-state index in [0.717, 1.165) is 47.1 Å². The van der Waals surface area contributed by atoms with Gasteiger partial charge in [-0.25, -0.2) is 0 Å². The van der Waals surface area contributed by atoms with Crippen molar-refractivity contribution in [1.29, 1.82) is 0 Å². The van der Waals surface area contributed by atoms with Gasteiger partial charge in [0.2, 0.25) is 5.91 Å². The van der Waals surface area contributed by atoms with Gasteiger partial charge >= 0.3 is 0 Å². The molecule has 4 rings (SSSR count). The van der Waals surface area contributed by atoms with Gasteiger partial charge in [-0.05, 0) is 42.9 Å². The maximum Gasteiger partial charge on any atom is 0.252 e. The lowest BCUT2D eigenvalue weighted by atomic mass is 10.0. The quantitative estimate of drug-likeness (QED) is 0.661. The van der Waals surface area contributed by atoms with Crippen LogP contribution in [0, 0.1) is 5.92 Å². The van der Waals surface area contributed by atoms with Gasteiger partial charge in [-0.2, -0.15) is 0 Å². The van der Waals surface area contributed by atoms with Gasteiger partial charge in [0.15, 0.2) is 0 Å². The van der Waals surface area contributed by atoms with Gasteiger partial charge < -0.3 is 14.8 Å². The number of amides is 2. The van der Waals surface area contributed by atoms with Crippen LogP contribution < -0.4 is 10.2 Å². The lowest BCUT2D eigenvalue weighted by molar-refractivity contribution is -0.118. The van der Waals surface area contributed by atoms with Crippen LogP contribution in [0.1, 0.15) is 48.3 Å². The van der Waals surface area contributed by atoms with Crippen LogP contribution in [0.15, 0.2) is 42.7 Å². The topological polar surface area (TPSA) is 67.2 Å². The standard InChI is InChI=1S/C25H30N4O2/c1-17(2)10-11-26-25(31)18-13-23-21(27-15-18)8-6-12-29(23)24(30)14-19-16-28(3)22-9-5-4-7-20(19)22/h4-5,7,9,13,15-17H,6,8,10-12,14H2,1-3H3,(H,26,31). The average Bonchev–Trinajstić information content (AvgIpc) is 3.08. The fraction of sp³-hybridized carbons (Fsp3) is 0.400. The molecule has 0 saturated carbocycles. The number of aromatic nitrogens is 2. The minimum absolute atomic E-state index is 0.0384. The Morgan fingerprint density at radius 1 is 1.23 bits per heavy atom. The van der Waals surface area contributed by atoms with Crippen LogP contribution >= 0.6 is 0 Å². The number of aryl methyl sites for hydroxylation is 2. The van der Waals surface area contributed by atoms with Crippen molar-refractivity contribution >= 4 is 28.4 Å². The third kappa shape index (κ3) is 4.48. The molecule has 1 N–H and O–H groups in total. The molecule has 0 aliphatic carbocycles. The molecule has 162 valence electrons. The summed E-state index contributed by atoms with van der Waals surface area (Å²) in [6.45, 7) is 5.55. The molecule has 0 radical (unpaired) electrons. The van der Waals surface area contributed by atoms with Crippen LogP contribution in [0.25, 0.3) is 10.9 Å². The second-order valence-corrected chi connectivity index (χ2v) is 8.74. The first-order chi connectivity index (χ1) is 14.9. The molecule has 2 aromatic heterocycles. The molecular weight excluding hydrogens is 388 g/mol. The number of hydrogen-bond acceptors (Lipinski definition) is 3. The number of pyridine rings is 1. The second kappa shape index (κ2) is 8.92. The van der Waals surface area contributed by atoms with Crippen LogP contribution in [0.2, 0.25) is 0 Å². The highest BCUT2D eigenvalue weighted by atomic mass is 16.2. The van der Waals surface area contributed by atoms with E-state index >= 15 is 0 Å². The van der Waals surface area contributed by atoms with Crippen LogP contribution in [0.3, 0.4) is 0 Å². The van der Waals surface area contributed by atoms with Crippen molar-refractivity contribution in [2.75, 3.05) is 18.0 Å². The summed E-state index contributed by atoms with van der Waals surface area (Å²) in [7, 11) is 2.00. The van der Waals surface area contributed by atoms with Crippen molar-refractivity contribution in [3.8, 4) is 0 Å². The molecule has 1 aliphatic rings. The van der Waals surface area contributed by atoms with Gasteiger partial charge in [0.1, 0.15) is 0 Å². The third-order valence-electron chi connectivity index (χ3n) is 5.93. The summed E-state index contributed by atoms with van der Waals surface area (Å²) < 4.78 is 2.06. The Kier molecular flexibility index (Phi) is 6.07. The molecule has 1 aromatic carbocycles. The highest BCUT2D eigenvalue weighted by Gasteiger charge is 2.25. The zero-order valence-electron chi connectivity index (χ0n) is 18.5. The summed E-state index contributed by atoms with van der Waals surface area (Å²) in [5.41, 5.74) is 4.30. The summed E-state index contributed by atoms with van der Waals surface area (Å²) >= 11 is 0. The second-order valence-electron chi connectivity index (χ2n) is 8.74. The summed E-state index contributed by atoms with van der Waals surface area (Å²) in [5.74, 6) is 0.434. The lowest BCUT2D eigenvalue weighted by Crippen LogP contribution is -2.37. The maximum atomic E-state index is 13.3. The Morgan fingerprint density at radius 3 is 2.84 bits per heavy atom. The van der Waals surface area contributed by atoms with Crippen molar-refractivity contribution in [2.45, 2.75) is 39.5 Å². The average molecular weight is 419 g/mol. The molecule has 0 bridgehead atoms. The van der Waals surface area contributed by atoms with E-state index in [2.05, 4.69) is 40.8 Å². The molecule has 0 unspecified atom stereocenters. The number of para-hydroxylation sites is 1. The van der Waals surface area contributed by atoms with Crippen molar-refractivity contribution in [3.05, 3.63) is 59.5 Å². The number of nitrogens with one attached hydrogen (secondary N) is 1. The largest absolute Gasteiger partial charge is 0.352 e. The molecular formula is C25H30N4O2. The molecule has 0 saturated heterocycles. The van der Waals surface area contributed by atoms with Crippen LogP contribution in [-0.4, -0.2) is 34.5 Å². The summed E-state index contributed by atoms with van der Waals surface area (Å²) in [4.78, 5) is 32.2. The van der Waals surface area contributed by atoms with Gasteiger partial charge in [-0.1, -0.05) is 32.0 Å². The van der Waals surface area contributed by atoms with E-state index in [4.69, 9.17) is 0 Å². The summed E-state index contributed by atoms with van der Waals surface area (Å²) in [6, 6.07) is 9.96. The van der Waals surface area contributed by atoms with Gasteiger partial charge in [0.25, 0.3) is 5.91 Å². The van der Waals surface area contributed by atoms with Gasteiger partial charge in [0.05, 0.1) is 23.4 Å². The number of rotatable bonds is 6. The normalized spacial score (nSPS) is 13.5. The molecule has 2 amide bonds. The fourth-order valence-corrected chi connectivity index (χ4v) is 4.22. The highest BCUT2D eigenvalue weighted by molar-refractivity contribution is 6.00. The van der Waals surface area contributed by atoms with Crippen LogP contribution in [-0.2, 0) is 24.7 Å². The number of hydrogen-bond donors (Lipinski definition) is 1. The molecule has 6 nitrogen and oxygen atoms in total. The van der Waals surface area contributed by atoms with E-state index in [9.17, 15) is 9.59 Å². The van der Waals surface area contributed by atoms with Crippen molar-refractivity contribution in [3.63, 3.8) is 0 Å². The first-order valence-electron chi connectivity index (χ1n) is 11.0. The molecule has 31 heavy (non-hydrogen) atoms. The minimum atomic E-state index is -0.136. The summed E-state index contributed by atoms with van der Waals surface area (Å²) in [6.07, 6.45) is 6.61. The van der Waals surface area contributed by atoms with E-state index in [-0.39, 0.29) is 11.8 Å². The number of carbonyl (C=O) groups excluding carboxylic acids is 2. The predicted molar refractivity (Wildman–Crippen MR) is 123 cm³/mol. The molecule has 6 heteroatoms. The van der Waals surface area contributed by atoms with Gasteiger partial charge in [-0.3, -0.25) is 14.6 Å². The molecule has 0 atom stereocenters. The Bertz CT molecular complexity index is 1120. The zero-order valence-corrected chi connectivity index (χ0v) is 18.5. The Balaban J connectivity index is 1.55. The van der Waals surface area contributed by atoms with E-state index in [1.807, 2.05) is 31.4 Å². The Labute approximate surface area is 183 Å². The molecule has 3 heterocycles. The molecule has 0 fully saturated rings. The first-order valence-corrected chi connectivity index (χ1v) is 11.0. The fourth-order valence-electron chi connectivity index (χ4n) is 4.22. The minimum Gasteiger partial charge on any atom is -0.352 e. The number of anilines is 1. The zero-order chi connectivity index (χ0) is 22.0. The molecule has 3 aromatic rings. The van der Waals surface area contributed by atoms with E-state index in [1.54, 1.807) is 11.1 Å². The summed E-state index contributed by atoms with van der Waals surface area (Å²) in [5, 5.41) is 4.06. The van der Waals surface area contributed by atoms with E-state index < -0.39 is 0 Å². The monoisotopic (exact) mass is 418 g/mol. The number of benzene rings is 1.